The summed E-state index contributed by atoms with van der Waals surface area (Å²) in [4.78, 5) is 0. The number of fused-ring (bicyclic) bond motifs is 1. The van der Waals surface area contributed by atoms with Crippen molar-refractivity contribution in [3.63, 3.8) is 0 Å². The zero-order valence-corrected chi connectivity index (χ0v) is 10.4. The largest absolute Gasteiger partial charge is 0.487 e. The van der Waals surface area contributed by atoms with Crippen LogP contribution in [0.15, 0.2) is 6.07 Å². The summed E-state index contributed by atoms with van der Waals surface area (Å²) in [6, 6.07) is 2.28. The Balaban J connectivity index is 2.54. The second-order valence-corrected chi connectivity index (χ2v) is 5.03. The van der Waals surface area contributed by atoms with Gasteiger partial charge in [-0.2, -0.15) is 0 Å². The smallest absolute Gasteiger partial charge is 0.126 e. The van der Waals surface area contributed by atoms with Crippen LogP contribution in [-0.4, -0.2) is 5.60 Å². The fraction of sp³-hybridized carbons (Fsp3) is 0.571. The van der Waals surface area contributed by atoms with Crippen LogP contribution in [0.4, 0.5) is 0 Å². The molecule has 1 aromatic carbocycles. The van der Waals surface area contributed by atoms with Crippen molar-refractivity contribution in [2.24, 2.45) is 0 Å². The van der Waals surface area contributed by atoms with Crippen LogP contribution in [0.3, 0.4) is 0 Å². The number of hydrogen-bond acceptors (Lipinski definition) is 1. The van der Waals surface area contributed by atoms with Crippen LogP contribution >= 0.6 is 0 Å². The van der Waals surface area contributed by atoms with Gasteiger partial charge in [-0.05, 0) is 50.8 Å². The number of benzene rings is 1. The molecule has 0 radical (unpaired) electrons. The van der Waals surface area contributed by atoms with Crippen molar-refractivity contribution < 1.29 is 4.74 Å². The van der Waals surface area contributed by atoms with E-state index in [1.54, 1.807) is 0 Å². The molecular weight excluding hydrogens is 184 g/mol. The third-order valence-corrected chi connectivity index (χ3v) is 3.76. The van der Waals surface area contributed by atoms with Crippen molar-refractivity contribution in [1.29, 1.82) is 0 Å². The molecule has 1 aliphatic rings. The van der Waals surface area contributed by atoms with Crippen molar-refractivity contribution in [2.75, 3.05) is 0 Å². The molecule has 2 rings (SSSR count). The average molecular weight is 204 g/mol. The SMILES string of the molecule is CCC1(C)Cc2c(C)cc(C)c(C)c2O1. The first-order chi connectivity index (χ1) is 6.97. The van der Waals surface area contributed by atoms with Gasteiger partial charge in [-0.1, -0.05) is 13.0 Å². The second-order valence-electron chi connectivity index (χ2n) is 5.03. The van der Waals surface area contributed by atoms with Crippen molar-refractivity contribution in [3.8, 4) is 5.75 Å². The molecule has 0 amide bonds. The number of aryl methyl sites for hydroxylation is 2. The van der Waals surface area contributed by atoms with E-state index in [0.717, 1.165) is 18.6 Å². The van der Waals surface area contributed by atoms with Gasteiger partial charge in [0.1, 0.15) is 11.4 Å². The van der Waals surface area contributed by atoms with Crippen LogP contribution in [0.1, 0.15) is 42.5 Å². The molecule has 15 heavy (non-hydrogen) atoms. The Morgan fingerprint density at radius 3 is 2.53 bits per heavy atom. The lowest BCUT2D eigenvalue weighted by Crippen LogP contribution is -2.28. The Morgan fingerprint density at radius 1 is 1.27 bits per heavy atom. The molecule has 1 heteroatoms. The highest BCUT2D eigenvalue weighted by Crippen LogP contribution is 2.41. The minimum absolute atomic E-state index is 0.0195. The maximum Gasteiger partial charge on any atom is 0.126 e. The van der Waals surface area contributed by atoms with Crippen molar-refractivity contribution in [2.45, 2.75) is 53.1 Å². The molecule has 1 aliphatic heterocycles. The quantitative estimate of drug-likeness (QED) is 0.677. The highest BCUT2D eigenvalue weighted by molar-refractivity contribution is 5.52. The van der Waals surface area contributed by atoms with E-state index in [1.165, 1.54) is 22.3 Å². The molecule has 1 aromatic rings. The van der Waals surface area contributed by atoms with Gasteiger partial charge < -0.3 is 4.74 Å². The third-order valence-electron chi connectivity index (χ3n) is 3.76. The van der Waals surface area contributed by atoms with Gasteiger partial charge in [0.15, 0.2) is 0 Å². The van der Waals surface area contributed by atoms with Gasteiger partial charge in [0.25, 0.3) is 0 Å². The van der Waals surface area contributed by atoms with E-state index >= 15 is 0 Å². The molecule has 82 valence electrons. The lowest BCUT2D eigenvalue weighted by atomic mass is 9.92. The standard InChI is InChI=1S/C14H20O/c1-6-14(5)8-12-10(3)7-9(2)11(4)13(12)15-14/h7H,6,8H2,1-5H3. The van der Waals surface area contributed by atoms with Gasteiger partial charge >= 0.3 is 0 Å². The summed E-state index contributed by atoms with van der Waals surface area (Å²) in [5.74, 6) is 1.15. The minimum Gasteiger partial charge on any atom is -0.487 e. The summed E-state index contributed by atoms with van der Waals surface area (Å²) < 4.78 is 6.14. The van der Waals surface area contributed by atoms with E-state index in [9.17, 15) is 0 Å². The number of rotatable bonds is 1. The fourth-order valence-corrected chi connectivity index (χ4v) is 2.32. The first kappa shape index (κ1) is 10.5. The molecule has 0 N–H and O–H groups in total. The lowest BCUT2D eigenvalue weighted by molar-refractivity contribution is 0.111. The van der Waals surface area contributed by atoms with Gasteiger partial charge in [-0.15, -0.1) is 0 Å². The predicted octanol–water partition coefficient (Wildman–Crippen LogP) is 3.72. The topological polar surface area (TPSA) is 9.23 Å². The van der Waals surface area contributed by atoms with Crippen molar-refractivity contribution >= 4 is 0 Å². The molecule has 1 nitrogen and oxygen atoms in total. The van der Waals surface area contributed by atoms with Crippen LogP contribution in [0.25, 0.3) is 0 Å². The summed E-state index contributed by atoms with van der Waals surface area (Å²) in [5.41, 5.74) is 5.47. The molecule has 0 aliphatic carbocycles. The number of ether oxygens (including phenoxy) is 1. The van der Waals surface area contributed by atoms with Gasteiger partial charge in [0.2, 0.25) is 0 Å². The van der Waals surface area contributed by atoms with Gasteiger partial charge in [-0.3, -0.25) is 0 Å². The molecule has 1 heterocycles. The molecule has 0 fully saturated rings. The summed E-state index contributed by atoms with van der Waals surface area (Å²) in [6.07, 6.45) is 2.13. The summed E-state index contributed by atoms with van der Waals surface area (Å²) >= 11 is 0. The van der Waals surface area contributed by atoms with Crippen molar-refractivity contribution in [1.82, 2.24) is 0 Å². The Bertz CT molecular complexity index is 406. The van der Waals surface area contributed by atoms with E-state index in [-0.39, 0.29) is 5.60 Å². The second kappa shape index (κ2) is 3.26. The zero-order chi connectivity index (χ0) is 11.2. The van der Waals surface area contributed by atoms with Gasteiger partial charge in [-0.25, -0.2) is 0 Å². The maximum absolute atomic E-state index is 6.14. The average Bonchev–Trinajstić information content (AvgIpc) is 2.55. The van der Waals surface area contributed by atoms with Gasteiger partial charge in [0, 0.05) is 12.0 Å². The molecule has 1 atom stereocenters. The molecule has 0 aromatic heterocycles. The first-order valence-electron chi connectivity index (χ1n) is 5.75. The third kappa shape index (κ3) is 1.54. The normalized spacial score (nSPS) is 23.8. The highest BCUT2D eigenvalue weighted by Gasteiger charge is 2.35. The van der Waals surface area contributed by atoms with E-state index in [2.05, 4.69) is 40.7 Å². The van der Waals surface area contributed by atoms with Crippen molar-refractivity contribution in [3.05, 3.63) is 28.3 Å². The highest BCUT2D eigenvalue weighted by atomic mass is 16.5. The van der Waals surface area contributed by atoms with Gasteiger partial charge in [0.05, 0.1) is 0 Å². The van der Waals surface area contributed by atoms with E-state index in [1.807, 2.05) is 0 Å². The molecule has 0 saturated carbocycles. The minimum atomic E-state index is 0.0195. The monoisotopic (exact) mass is 204 g/mol. The van der Waals surface area contributed by atoms with E-state index < -0.39 is 0 Å². The summed E-state index contributed by atoms with van der Waals surface area (Å²) in [7, 11) is 0. The Hall–Kier alpha value is -0.980. The van der Waals surface area contributed by atoms with Crippen LogP contribution < -0.4 is 4.74 Å². The molecular formula is C14H20O. The summed E-state index contributed by atoms with van der Waals surface area (Å²) in [5, 5.41) is 0. The number of hydrogen-bond donors (Lipinski definition) is 0. The lowest BCUT2D eigenvalue weighted by Gasteiger charge is -2.22. The zero-order valence-electron chi connectivity index (χ0n) is 10.4. The van der Waals surface area contributed by atoms with Crippen LogP contribution in [0.5, 0.6) is 5.75 Å². The van der Waals surface area contributed by atoms with Crippen LogP contribution in [0.2, 0.25) is 0 Å². The fourth-order valence-electron chi connectivity index (χ4n) is 2.32. The van der Waals surface area contributed by atoms with Crippen LogP contribution in [-0.2, 0) is 6.42 Å². The molecule has 0 spiro atoms. The van der Waals surface area contributed by atoms with E-state index in [0.29, 0.717) is 0 Å². The summed E-state index contributed by atoms with van der Waals surface area (Å²) in [6.45, 7) is 10.9. The van der Waals surface area contributed by atoms with E-state index in [4.69, 9.17) is 4.74 Å². The molecule has 0 bridgehead atoms. The Labute approximate surface area is 92.5 Å². The van der Waals surface area contributed by atoms with Crippen LogP contribution in [0, 0.1) is 20.8 Å². The first-order valence-corrected chi connectivity index (χ1v) is 5.75. The maximum atomic E-state index is 6.14. The predicted molar refractivity (Wildman–Crippen MR) is 63.7 cm³/mol. The molecule has 1 unspecified atom stereocenters. The molecule has 0 saturated heterocycles. The Kier molecular flexibility index (Phi) is 2.29. The Morgan fingerprint density at radius 2 is 1.93 bits per heavy atom.